The van der Waals surface area contributed by atoms with Gasteiger partial charge in [0.05, 0.1) is 15.5 Å². The minimum atomic E-state index is -4.96. The number of sulfonamides is 1. The molecule has 11 heteroatoms. The van der Waals surface area contributed by atoms with Gasteiger partial charge in [0.15, 0.2) is 9.84 Å². The molecule has 0 aliphatic heterocycles. The number of alkyl halides is 3. The molecule has 0 atom stereocenters. The van der Waals surface area contributed by atoms with Gasteiger partial charge >= 0.3 is 6.36 Å². The Morgan fingerprint density at radius 2 is 1.62 bits per heavy atom. The number of aryl methyl sites for hydroxylation is 1. The fourth-order valence-electron chi connectivity index (χ4n) is 1.98. The highest BCUT2D eigenvalue weighted by Gasteiger charge is 2.31. The first kappa shape index (κ1) is 20.0. The highest BCUT2D eigenvalue weighted by atomic mass is 32.2. The molecule has 0 bridgehead atoms. The van der Waals surface area contributed by atoms with Crippen LogP contribution in [0.5, 0.6) is 5.75 Å². The summed E-state index contributed by atoms with van der Waals surface area (Å²) in [5.41, 5.74) is 0.429. The minimum absolute atomic E-state index is 0.00457. The van der Waals surface area contributed by atoms with Crippen molar-refractivity contribution in [3.05, 3.63) is 48.0 Å². The highest BCUT2D eigenvalue weighted by Crippen LogP contribution is 2.27. The van der Waals surface area contributed by atoms with Crippen LogP contribution in [0.4, 0.5) is 18.9 Å². The molecule has 0 unspecified atom stereocenters. The second-order valence-electron chi connectivity index (χ2n) is 5.38. The van der Waals surface area contributed by atoms with E-state index in [2.05, 4.69) is 9.46 Å². The standard InChI is InChI=1S/C15H14F3NO5S2/c1-10-6-7-12(25(2,20)21)9-14(10)19-26(22,23)13-5-3-4-11(8-13)24-15(16,17)18/h3-9,19H,1-2H3. The summed E-state index contributed by atoms with van der Waals surface area (Å²) >= 11 is 0. The first-order valence-corrected chi connectivity index (χ1v) is 10.3. The predicted octanol–water partition coefficient (Wildman–Crippen LogP) is 3.10. The van der Waals surface area contributed by atoms with E-state index in [-0.39, 0.29) is 10.6 Å². The Labute approximate surface area is 148 Å². The average Bonchev–Trinajstić information content (AvgIpc) is 2.46. The largest absolute Gasteiger partial charge is 0.573 e. The first-order valence-electron chi connectivity index (χ1n) is 6.97. The lowest BCUT2D eigenvalue weighted by Crippen LogP contribution is -2.18. The zero-order valence-corrected chi connectivity index (χ0v) is 15.2. The van der Waals surface area contributed by atoms with Crippen LogP contribution < -0.4 is 9.46 Å². The Kier molecular flexibility index (Phi) is 5.24. The van der Waals surface area contributed by atoms with E-state index in [1.165, 1.54) is 12.1 Å². The van der Waals surface area contributed by atoms with E-state index in [0.717, 1.165) is 30.5 Å². The molecule has 0 amide bonds. The molecular weight excluding hydrogens is 395 g/mol. The number of anilines is 1. The summed E-state index contributed by atoms with van der Waals surface area (Å²) in [7, 11) is -7.84. The van der Waals surface area contributed by atoms with Crippen molar-refractivity contribution in [3.8, 4) is 5.75 Å². The van der Waals surface area contributed by atoms with Crippen LogP contribution in [-0.2, 0) is 19.9 Å². The quantitative estimate of drug-likeness (QED) is 0.820. The van der Waals surface area contributed by atoms with Gasteiger partial charge in [-0.2, -0.15) is 0 Å². The van der Waals surface area contributed by atoms with Gasteiger partial charge in [0.25, 0.3) is 10.0 Å². The molecule has 2 rings (SSSR count). The van der Waals surface area contributed by atoms with Crippen LogP contribution in [0.2, 0.25) is 0 Å². The lowest BCUT2D eigenvalue weighted by atomic mass is 10.2. The molecule has 0 saturated carbocycles. The number of nitrogens with one attached hydrogen (secondary N) is 1. The summed E-state index contributed by atoms with van der Waals surface area (Å²) in [6.45, 7) is 1.55. The second kappa shape index (κ2) is 6.80. The van der Waals surface area contributed by atoms with E-state index in [4.69, 9.17) is 0 Å². The van der Waals surface area contributed by atoms with E-state index in [9.17, 15) is 30.0 Å². The number of hydrogen-bond acceptors (Lipinski definition) is 5. The molecule has 2 aromatic rings. The van der Waals surface area contributed by atoms with Crippen LogP contribution in [0.15, 0.2) is 52.3 Å². The van der Waals surface area contributed by atoms with Crippen molar-refractivity contribution in [3.63, 3.8) is 0 Å². The van der Waals surface area contributed by atoms with Crippen molar-refractivity contribution >= 4 is 25.5 Å². The van der Waals surface area contributed by atoms with Crippen molar-refractivity contribution in [2.45, 2.75) is 23.1 Å². The third-order valence-corrected chi connectivity index (χ3v) is 5.70. The maximum Gasteiger partial charge on any atom is 0.573 e. The number of hydrogen-bond donors (Lipinski definition) is 1. The fourth-order valence-corrected chi connectivity index (χ4v) is 3.79. The summed E-state index contributed by atoms with van der Waals surface area (Å²) in [6, 6.07) is 7.72. The maximum atomic E-state index is 12.4. The number of sulfone groups is 1. The van der Waals surface area contributed by atoms with Gasteiger partial charge in [0.2, 0.25) is 0 Å². The topological polar surface area (TPSA) is 89.5 Å². The van der Waals surface area contributed by atoms with Crippen molar-refractivity contribution in [1.29, 1.82) is 0 Å². The molecule has 0 aromatic heterocycles. The molecule has 0 radical (unpaired) electrons. The normalized spacial score (nSPS) is 12.7. The van der Waals surface area contributed by atoms with Crippen LogP contribution in [0.1, 0.15) is 5.56 Å². The summed E-state index contributed by atoms with van der Waals surface area (Å²) in [4.78, 5) is -0.571. The molecular formula is C15H14F3NO5S2. The number of benzene rings is 2. The van der Waals surface area contributed by atoms with Gasteiger partial charge in [-0.15, -0.1) is 13.2 Å². The van der Waals surface area contributed by atoms with Gasteiger partial charge in [-0.1, -0.05) is 12.1 Å². The molecule has 6 nitrogen and oxygen atoms in total. The Morgan fingerprint density at radius 3 is 2.19 bits per heavy atom. The van der Waals surface area contributed by atoms with E-state index in [1.54, 1.807) is 6.92 Å². The lowest BCUT2D eigenvalue weighted by molar-refractivity contribution is -0.274. The monoisotopic (exact) mass is 409 g/mol. The SMILES string of the molecule is Cc1ccc(S(C)(=O)=O)cc1NS(=O)(=O)c1cccc(OC(F)(F)F)c1. The van der Waals surface area contributed by atoms with Crippen molar-refractivity contribution < 1.29 is 34.7 Å². The summed E-state index contributed by atoms with van der Waals surface area (Å²) in [6.07, 6.45) is -4.00. The molecule has 2 aromatic carbocycles. The smallest absolute Gasteiger partial charge is 0.406 e. The zero-order valence-electron chi connectivity index (χ0n) is 13.5. The molecule has 1 N–H and O–H groups in total. The van der Waals surface area contributed by atoms with Gasteiger partial charge in [0.1, 0.15) is 5.75 Å². The zero-order chi connectivity index (χ0) is 19.8. The van der Waals surface area contributed by atoms with Gasteiger partial charge in [-0.25, -0.2) is 16.8 Å². The predicted molar refractivity (Wildman–Crippen MR) is 88.2 cm³/mol. The molecule has 26 heavy (non-hydrogen) atoms. The fraction of sp³-hybridized carbons (Fsp3) is 0.200. The van der Waals surface area contributed by atoms with Crippen LogP contribution in [-0.4, -0.2) is 29.5 Å². The van der Waals surface area contributed by atoms with Crippen molar-refractivity contribution in [2.24, 2.45) is 0 Å². The minimum Gasteiger partial charge on any atom is -0.406 e. The molecule has 0 fully saturated rings. The number of rotatable bonds is 5. The van der Waals surface area contributed by atoms with Gasteiger partial charge < -0.3 is 4.74 Å². The van der Waals surface area contributed by atoms with Crippen molar-refractivity contribution in [1.82, 2.24) is 0 Å². The second-order valence-corrected chi connectivity index (χ2v) is 9.08. The van der Waals surface area contributed by atoms with Crippen molar-refractivity contribution in [2.75, 3.05) is 11.0 Å². The van der Waals surface area contributed by atoms with Gasteiger partial charge in [-0.05, 0) is 36.8 Å². The Bertz CT molecular complexity index is 1030. The molecule has 142 valence electrons. The van der Waals surface area contributed by atoms with Crippen LogP contribution >= 0.6 is 0 Å². The third kappa shape index (κ3) is 5.11. The Morgan fingerprint density at radius 1 is 0.962 bits per heavy atom. The van der Waals surface area contributed by atoms with Gasteiger partial charge in [0, 0.05) is 12.3 Å². The highest BCUT2D eigenvalue weighted by molar-refractivity contribution is 7.92. The lowest BCUT2D eigenvalue weighted by Gasteiger charge is -2.13. The number of halogens is 3. The van der Waals surface area contributed by atoms with E-state index >= 15 is 0 Å². The maximum absolute atomic E-state index is 12.4. The van der Waals surface area contributed by atoms with Crippen LogP contribution in [0, 0.1) is 6.92 Å². The first-order chi connectivity index (χ1) is 11.8. The van der Waals surface area contributed by atoms with E-state index < -0.39 is 36.9 Å². The number of ether oxygens (including phenoxy) is 1. The van der Waals surface area contributed by atoms with Crippen LogP contribution in [0.3, 0.4) is 0 Å². The van der Waals surface area contributed by atoms with Crippen LogP contribution in [0.25, 0.3) is 0 Å². The van der Waals surface area contributed by atoms with E-state index in [0.29, 0.717) is 11.6 Å². The average molecular weight is 409 g/mol. The van der Waals surface area contributed by atoms with E-state index in [1.807, 2.05) is 0 Å². The molecule has 0 aliphatic rings. The molecule has 0 aliphatic carbocycles. The Hall–Kier alpha value is -2.27. The third-order valence-electron chi connectivity index (χ3n) is 3.23. The van der Waals surface area contributed by atoms with Gasteiger partial charge in [-0.3, -0.25) is 4.72 Å². The molecule has 0 heterocycles. The Balaban J connectivity index is 2.40. The summed E-state index contributed by atoms with van der Waals surface area (Å²) < 4.78 is 90.8. The summed E-state index contributed by atoms with van der Waals surface area (Å²) in [5, 5.41) is 0. The summed E-state index contributed by atoms with van der Waals surface area (Å²) in [5.74, 6) is -0.693. The molecule has 0 saturated heterocycles. The molecule has 0 spiro atoms.